The molecule has 2 unspecified atom stereocenters. The van der Waals surface area contributed by atoms with Crippen molar-refractivity contribution in [1.29, 1.82) is 0 Å². The van der Waals surface area contributed by atoms with Crippen LogP contribution < -0.4 is 10.7 Å². The first-order valence-electron chi connectivity index (χ1n) is 9.65. The van der Waals surface area contributed by atoms with Crippen molar-refractivity contribution in [3.05, 3.63) is 87.6 Å². The van der Waals surface area contributed by atoms with Crippen molar-refractivity contribution in [3.8, 4) is 0 Å². The van der Waals surface area contributed by atoms with Crippen LogP contribution in [0.4, 0.5) is 0 Å². The molecule has 0 N–H and O–H groups in total. The van der Waals surface area contributed by atoms with Crippen molar-refractivity contribution < 1.29 is 9.15 Å². The summed E-state index contributed by atoms with van der Waals surface area (Å²) in [5, 5.41) is 2.58. The zero-order chi connectivity index (χ0) is 17.1. The Morgan fingerprint density at radius 3 is 2.63 bits per heavy atom. The van der Waals surface area contributed by atoms with Gasteiger partial charge in [0.1, 0.15) is 5.57 Å². The van der Waals surface area contributed by atoms with Crippen LogP contribution in [0.2, 0.25) is 0 Å². The van der Waals surface area contributed by atoms with Crippen molar-refractivity contribution in [1.82, 2.24) is 9.13 Å². The number of hydrogen-bond donors (Lipinski definition) is 0. The molecule has 0 amide bonds. The predicted molar refractivity (Wildman–Crippen MR) is 101 cm³/mol. The summed E-state index contributed by atoms with van der Waals surface area (Å²) < 4.78 is 10.3. The van der Waals surface area contributed by atoms with Crippen LogP contribution >= 0.6 is 0 Å². The topological polar surface area (TPSA) is 15.9 Å². The van der Waals surface area contributed by atoms with E-state index in [0.717, 1.165) is 6.42 Å². The van der Waals surface area contributed by atoms with Gasteiger partial charge in [-0.25, -0.2) is 0 Å². The molecule has 8 heterocycles. The summed E-state index contributed by atoms with van der Waals surface area (Å²) in [4.78, 5) is 0. The standard InChI is InChI=1S/C23H14N4/c1-7-20-21-8-6-18-11-16-3-2-14-10-15-4-5-17-12-19-9-13(1)22(20)27(19)23(24(14)16,25(15)17)26(18)21/h1-8,10-13H,9H2/q+2. The van der Waals surface area contributed by atoms with E-state index in [0.29, 0.717) is 5.92 Å². The van der Waals surface area contributed by atoms with Gasteiger partial charge in [0.2, 0.25) is 17.1 Å². The van der Waals surface area contributed by atoms with Gasteiger partial charge in [0.25, 0.3) is 0 Å². The molecular weight excluding hydrogens is 332 g/mol. The average molecular weight is 346 g/mol. The van der Waals surface area contributed by atoms with Crippen LogP contribution in [-0.4, -0.2) is 29.7 Å². The molecule has 4 heteroatoms. The zero-order valence-electron chi connectivity index (χ0n) is 14.4. The third kappa shape index (κ3) is 0.948. The Kier molecular flexibility index (Phi) is 1.47. The van der Waals surface area contributed by atoms with E-state index in [4.69, 9.17) is 0 Å². The molecule has 9 rings (SSSR count). The molecule has 1 aliphatic carbocycles. The van der Waals surface area contributed by atoms with Crippen LogP contribution in [0.15, 0.2) is 65.5 Å². The first-order chi connectivity index (χ1) is 13.4. The maximum absolute atomic E-state index is 2.65. The first kappa shape index (κ1) is 12.1. The van der Waals surface area contributed by atoms with Gasteiger partial charge in [0.15, 0.2) is 5.71 Å². The van der Waals surface area contributed by atoms with Crippen molar-refractivity contribution in [3.63, 3.8) is 0 Å². The monoisotopic (exact) mass is 346 g/mol. The fourth-order valence-electron chi connectivity index (χ4n) is 6.47. The second kappa shape index (κ2) is 3.29. The SMILES string of the molecule is C1=CC2=[N+]3C1=Cc1ccc4n1C31n3c(ccc3=C4)=CC3=[N+]1C1=C2C=CC1C3. The summed E-state index contributed by atoms with van der Waals surface area (Å²) in [7, 11) is 0. The van der Waals surface area contributed by atoms with E-state index in [-0.39, 0.29) is 0 Å². The largest absolute Gasteiger partial charge is 0.553 e. The highest BCUT2D eigenvalue weighted by Gasteiger charge is 2.72. The van der Waals surface area contributed by atoms with E-state index in [9.17, 15) is 0 Å². The second-order valence-electron chi connectivity index (χ2n) is 8.34. The quantitative estimate of drug-likeness (QED) is 0.634. The molecule has 1 spiro atoms. The van der Waals surface area contributed by atoms with Crippen LogP contribution in [0.1, 0.15) is 17.8 Å². The Labute approximate surface area is 154 Å². The number of rotatable bonds is 0. The molecule has 4 nitrogen and oxygen atoms in total. The smallest absolute Gasteiger partial charge is 0.199 e. The van der Waals surface area contributed by atoms with E-state index in [1.807, 2.05) is 0 Å². The highest BCUT2D eigenvalue weighted by Crippen LogP contribution is 2.50. The molecule has 0 fully saturated rings. The zero-order valence-corrected chi connectivity index (χ0v) is 14.4. The van der Waals surface area contributed by atoms with Crippen LogP contribution in [0.3, 0.4) is 0 Å². The van der Waals surface area contributed by atoms with Gasteiger partial charge in [0.05, 0.1) is 28.0 Å². The summed E-state index contributed by atoms with van der Waals surface area (Å²) in [6.07, 6.45) is 17.5. The summed E-state index contributed by atoms with van der Waals surface area (Å²) in [5.41, 5.74) is 9.51. The molecule has 7 aliphatic rings. The van der Waals surface area contributed by atoms with E-state index in [1.165, 1.54) is 50.5 Å². The number of nitrogens with zero attached hydrogens (tertiary/aromatic N) is 4. The Bertz CT molecular complexity index is 1540. The van der Waals surface area contributed by atoms with Crippen LogP contribution in [0.25, 0.3) is 18.2 Å². The Morgan fingerprint density at radius 2 is 1.70 bits per heavy atom. The molecular formula is C23H14N4+2. The fourth-order valence-corrected chi connectivity index (χ4v) is 6.47. The molecule has 27 heavy (non-hydrogen) atoms. The molecule has 0 saturated carbocycles. The van der Waals surface area contributed by atoms with Crippen LogP contribution in [0, 0.1) is 5.92 Å². The van der Waals surface area contributed by atoms with Crippen molar-refractivity contribution in [2.75, 3.05) is 0 Å². The lowest BCUT2D eigenvalue weighted by Crippen LogP contribution is -2.69. The lowest BCUT2D eigenvalue weighted by atomic mass is 10.0. The lowest BCUT2D eigenvalue weighted by Gasteiger charge is -2.38. The molecule has 2 aromatic rings. The molecule has 0 bridgehead atoms. The van der Waals surface area contributed by atoms with Gasteiger partial charge >= 0.3 is 5.91 Å². The third-order valence-corrected chi connectivity index (χ3v) is 7.26. The van der Waals surface area contributed by atoms with Gasteiger partial charge in [-0.15, -0.1) is 0 Å². The molecule has 2 atom stereocenters. The summed E-state index contributed by atoms with van der Waals surface area (Å²) in [6, 6.07) is 9.09. The third-order valence-electron chi connectivity index (χ3n) is 7.26. The Balaban J connectivity index is 1.66. The number of allylic oxidation sites excluding steroid dienone is 5. The van der Waals surface area contributed by atoms with Crippen LogP contribution in [0.5, 0.6) is 0 Å². The minimum absolute atomic E-state index is 0.399. The van der Waals surface area contributed by atoms with E-state index in [2.05, 4.69) is 85.1 Å². The van der Waals surface area contributed by atoms with Gasteiger partial charge in [-0.2, -0.15) is 9.13 Å². The highest BCUT2D eigenvalue weighted by atomic mass is 15.6. The lowest BCUT2D eigenvalue weighted by molar-refractivity contribution is -0.838. The summed E-state index contributed by atoms with van der Waals surface area (Å²) >= 11 is 0. The first-order valence-corrected chi connectivity index (χ1v) is 9.65. The van der Waals surface area contributed by atoms with E-state index >= 15 is 0 Å². The minimum atomic E-state index is -0.399. The number of fused-ring (bicyclic) bond motifs is 1. The van der Waals surface area contributed by atoms with Gasteiger partial charge in [-0.3, -0.25) is 0 Å². The molecule has 0 radical (unpaired) electrons. The number of aromatic nitrogens is 2. The minimum Gasteiger partial charge on any atom is -0.199 e. The van der Waals surface area contributed by atoms with Crippen molar-refractivity contribution >= 4 is 29.7 Å². The van der Waals surface area contributed by atoms with Gasteiger partial charge in [0, 0.05) is 30.7 Å². The second-order valence-corrected chi connectivity index (χ2v) is 8.34. The molecule has 0 saturated heterocycles. The predicted octanol–water partition coefficient (Wildman–Crippen LogP) is 1.03. The Morgan fingerprint density at radius 1 is 0.852 bits per heavy atom. The van der Waals surface area contributed by atoms with Gasteiger partial charge in [-0.1, -0.05) is 15.2 Å². The van der Waals surface area contributed by atoms with Gasteiger partial charge < -0.3 is 0 Å². The number of hydrogen-bond acceptors (Lipinski definition) is 0. The summed E-state index contributed by atoms with van der Waals surface area (Å²) in [6.45, 7) is 0. The fraction of sp³-hybridized carbons (Fsp3) is 0.130. The van der Waals surface area contributed by atoms with Crippen molar-refractivity contribution in [2.45, 2.75) is 12.3 Å². The molecule has 6 aliphatic heterocycles. The average Bonchev–Trinajstić information content (AvgIpc) is 3.44. The maximum atomic E-state index is 2.65. The van der Waals surface area contributed by atoms with E-state index in [1.54, 1.807) is 0 Å². The Hall–Kier alpha value is -3.40. The van der Waals surface area contributed by atoms with Gasteiger partial charge in [-0.05, 0) is 36.4 Å². The highest BCUT2D eigenvalue weighted by molar-refractivity contribution is 6.13. The van der Waals surface area contributed by atoms with Crippen molar-refractivity contribution in [2.24, 2.45) is 5.92 Å². The van der Waals surface area contributed by atoms with Crippen LogP contribution in [-0.2, 0) is 5.91 Å². The normalized spacial score (nSPS) is 30.7. The molecule has 2 aromatic heterocycles. The van der Waals surface area contributed by atoms with E-state index < -0.39 is 5.91 Å². The molecule has 0 aromatic carbocycles. The maximum Gasteiger partial charge on any atom is 0.553 e. The summed E-state index contributed by atoms with van der Waals surface area (Å²) in [5.74, 6) is 0.101. The molecule has 124 valence electrons.